The lowest BCUT2D eigenvalue weighted by atomic mass is 10.1. The Balaban J connectivity index is 2.08. The van der Waals surface area contributed by atoms with Crippen molar-refractivity contribution in [3.05, 3.63) is 35.9 Å². The van der Waals surface area contributed by atoms with E-state index in [0.717, 1.165) is 25.7 Å². The molecule has 0 radical (unpaired) electrons. The molecular weight excluding hydrogens is 174 g/mol. The highest BCUT2D eigenvalue weighted by Gasteiger charge is 1.95. The van der Waals surface area contributed by atoms with Crippen LogP contribution in [-0.4, -0.2) is 5.91 Å². The summed E-state index contributed by atoms with van der Waals surface area (Å²) >= 11 is 0. The molecule has 1 aromatic rings. The quantitative estimate of drug-likeness (QED) is 0.689. The predicted octanol–water partition coefficient (Wildman–Crippen LogP) is 2.27. The van der Waals surface area contributed by atoms with Gasteiger partial charge in [-0.2, -0.15) is 0 Å². The second-order valence-corrected chi connectivity index (χ2v) is 3.51. The Morgan fingerprint density at radius 2 is 1.79 bits per heavy atom. The van der Waals surface area contributed by atoms with E-state index in [4.69, 9.17) is 5.73 Å². The summed E-state index contributed by atoms with van der Waals surface area (Å²) in [6.07, 6.45) is 4.76. The second kappa shape index (κ2) is 6.19. The molecule has 0 aliphatic carbocycles. The van der Waals surface area contributed by atoms with Crippen LogP contribution in [0.3, 0.4) is 0 Å². The largest absolute Gasteiger partial charge is 0.370 e. The Kier molecular flexibility index (Phi) is 4.76. The van der Waals surface area contributed by atoms with E-state index in [2.05, 4.69) is 24.3 Å². The first kappa shape index (κ1) is 10.8. The lowest BCUT2D eigenvalue weighted by molar-refractivity contribution is -0.118. The first-order chi connectivity index (χ1) is 6.79. The SMILES string of the molecule is NC(=O)CCCCCc1ccccc1. The molecule has 0 saturated carbocycles. The average molecular weight is 191 g/mol. The van der Waals surface area contributed by atoms with E-state index in [-0.39, 0.29) is 5.91 Å². The minimum Gasteiger partial charge on any atom is -0.370 e. The summed E-state index contributed by atoms with van der Waals surface area (Å²) in [6, 6.07) is 10.4. The molecule has 0 atom stereocenters. The van der Waals surface area contributed by atoms with E-state index in [1.807, 2.05) is 6.07 Å². The van der Waals surface area contributed by atoms with Crippen LogP contribution in [0.15, 0.2) is 30.3 Å². The van der Waals surface area contributed by atoms with Crippen molar-refractivity contribution in [3.8, 4) is 0 Å². The lowest BCUT2D eigenvalue weighted by Gasteiger charge is -2.00. The minimum atomic E-state index is -0.190. The van der Waals surface area contributed by atoms with E-state index < -0.39 is 0 Å². The first-order valence-corrected chi connectivity index (χ1v) is 5.11. The molecule has 0 fully saturated rings. The third-order valence-electron chi connectivity index (χ3n) is 2.23. The number of hydrogen-bond donors (Lipinski definition) is 1. The van der Waals surface area contributed by atoms with E-state index >= 15 is 0 Å². The van der Waals surface area contributed by atoms with Gasteiger partial charge in [0.1, 0.15) is 0 Å². The van der Waals surface area contributed by atoms with Crippen LogP contribution in [-0.2, 0) is 11.2 Å². The number of unbranched alkanes of at least 4 members (excludes halogenated alkanes) is 2. The Bertz CT molecular complexity index is 269. The number of rotatable bonds is 6. The third-order valence-corrected chi connectivity index (χ3v) is 2.23. The number of carbonyl (C=O) groups is 1. The Labute approximate surface area is 85.1 Å². The highest BCUT2D eigenvalue weighted by molar-refractivity contribution is 5.73. The van der Waals surface area contributed by atoms with Gasteiger partial charge in [-0.25, -0.2) is 0 Å². The normalized spacial score (nSPS) is 10.0. The molecule has 2 N–H and O–H groups in total. The van der Waals surface area contributed by atoms with E-state index in [9.17, 15) is 4.79 Å². The summed E-state index contributed by atoms with van der Waals surface area (Å²) in [6.45, 7) is 0. The summed E-state index contributed by atoms with van der Waals surface area (Å²) in [5.41, 5.74) is 6.41. The summed E-state index contributed by atoms with van der Waals surface area (Å²) in [4.78, 5) is 10.5. The average Bonchev–Trinajstić information content (AvgIpc) is 2.18. The van der Waals surface area contributed by atoms with Crippen molar-refractivity contribution in [1.29, 1.82) is 0 Å². The molecule has 1 rings (SSSR count). The van der Waals surface area contributed by atoms with Gasteiger partial charge in [-0.05, 0) is 24.8 Å². The van der Waals surface area contributed by atoms with Crippen molar-refractivity contribution >= 4 is 5.91 Å². The van der Waals surface area contributed by atoms with Crippen LogP contribution in [0.2, 0.25) is 0 Å². The van der Waals surface area contributed by atoms with Gasteiger partial charge in [0.05, 0.1) is 0 Å². The van der Waals surface area contributed by atoms with Gasteiger partial charge in [-0.3, -0.25) is 4.79 Å². The number of nitrogens with two attached hydrogens (primary N) is 1. The van der Waals surface area contributed by atoms with Gasteiger partial charge in [-0.1, -0.05) is 36.8 Å². The van der Waals surface area contributed by atoms with Crippen molar-refractivity contribution in [2.24, 2.45) is 5.73 Å². The molecule has 0 aromatic heterocycles. The van der Waals surface area contributed by atoms with Crippen molar-refractivity contribution in [2.45, 2.75) is 32.1 Å². The summed E-state index contributed by atoms with van der Waals surface area (Å²) in [5, 5.41) is 0. The zero-order valence-corrected chi connectivity index (χ0v) is 8.41. The van der Waals surface area contributed by atoms with Crippen LogP contribution in [0.5, 0.6) is 0 Å². The maximum absolute atomic E-state index is 10.5. The molecule has 0 spiro atoms. The van der Waals surface area contributed by atoms with Crippen LogP contribution < -0.4 is 5.73 Å². The van der Waals surface area contributed by atoms with Crippen LogP contribution in [0.25, 0.3) is 0 Å². The van der Waals surface area contributed by atoms with Gasteiger partial charge >= 0.3 is 0 Å². The van der Waals surface area contributed by atoms with Crippen LogP contribution in [0, 0.1) is 0 Å². The number of amides is 1. The number of benzene rings is 1. The van der Waals surface area contributed by atoms with Gasteiger partial charge in [0, 0.05) is 6.42 Å². The smallest absolute Gasteiger partial charge is 0.217 e. The monoisotopic (exact) mass is 191 g/mol. The zero-order chi connectivity index (χ0) is 10.2. The van der Waals surface area contributed by atoms with Crippen molar-refractivity contribution in [1.82, 2.24) is 0 Å². The van der Waals surface area contributed by atoms with Crippen LogP contribution >= 0.6 is 0 Å². The van der Waals surface area contributed by atoms with Crippen molar-refractivity contribution in [2.75, 3.05) is 0 Å². The number of aryl methyl sites for hydroxylation is 1. The minimum absolute atomic E-state index is 0.190. The summed E-state index contributed by atoms with van der Waals surface area (Å²) < 4.78 is 0. The second-order valence-electron chi connectivity index (χ2n) is 3.51. The molecule has 14 heavy (non-hydrogen) atoms. The Morgan fingerprint density at radius 1 is 1.07 bits per heavy atom. The van der Waals surface area contributed by atoms with Gasteiger partial charge < -0.3 is 5.73 Å². The molecular formula is C12H17NO. The molecule has 76 valence electrons. The number of carbonyl (C=O) groups excluding carboxylic acids is 1. The molecule has 0 saturated heterocycles. The molecule has 0 bridgehead atoms. The number of primary amides is 1. The van der Waals surface area contributed by atoms with E-state index in [1.165, 1.54) is 5.56 Å². The maximum Gasteiger partial charge on any atom is 0.217 e. The van der Waals surface area contributed by atoms with E-state index in [1.54, 1.807) is 0 Å². The predicted molar refractivity (Wildman–Crippen MR) is 57.8 cm³/mol. The first-order valence-electron chi connectivity index (χ1n) is 5.11. The van der Waals surface area contributed by atoms with Crippen LogP contribution in [0.1, 0.15) is 31.2 Å². The molecule has 0 aliphatic heterocycles. The topological polar surface area (TPSA) is 43.1 Å². The molecule has 2 nitrogen and oxygen atoms in total. The highest BCUT2D eigenvalue weighted by Crippen LogP contribution is 2.07. The highest BCUT2D eigenvalue weighted by atomic mass is 16.1. The molecule has 0 aliphatic rings. The lowest BCUT2D eigenvalue weighted by Crippen LogP contribution is -2.09. The summed E-state index contributed by atoms with van der Waals surface area (Å²) in [5.74, 6) is -0.190. The zero-order valence-electron chi connectivity index (χ0n) is 8.41. The fourth-order valence-electron chi connectivity index (χ4n) is 1.45. The van der Waals surface area contributed by atoms with Gasteiger partial charge in [0.15, 0.2) is 0 Å². The Morgan fingerprint density at radius 3 is 2.43 bits per heavy atom. The van der Waals surface area contributed by atoms with Crippen LogP contribution in [0.4, 0.5) is 0 Å². The van der Waals surface area contributed by atoms with Crippen molar-refractivity contribution in [3.63, 3.8) is 0 Å². The molecule has 0 heterocycles. The molecule has 0 unspecified atom stereocenters. The van der Waals surface area contributed by atoms with Gasteiger partial charge in [0.25, 0.3) is 0 Å². The van der Waals surface area contributed by atoms with Gasteiger partial charge in [0.2, 0.25) is 5.91 Å². The standard InChI is InChI=1S/C12H17NO/c13-12(14)10-6-2-5-9-11-7-3-1-4-8-11/h1,3-4,7-8H,2,5-6,9-10H2,(H2,13,14). The van der Waals surface area contributed by atoms with Gasteiger partial charge in [-0.15, -0.1) is 0 Å². The van der Waals surface area contributed by atoms with E-state index in [0.29, 0.717) is 6.42 Å². The third kappa shape index (κ3) is 4.65. The molecule has 1 aromatic carbocycles. The number of hydrogen-bond acceptors (Lipinski definition) is 1. The van der Waals surface area contributed by atoms with Crippen molar-refractivity contribution < 1.29 is 4.79 Å². The molecule has 1 amide bonds. The Hall–Kier alpha value is -1.31. The summed E-state index contributed by atoms with van der Waals surface area (Å²) in [7, 11) is 0. The maximum atomic E-state index is 10.5. The molecule has 2 heteroatoms. The fraction of sp³-hybridized carbons (Fsp3) is 0.417. The fourth-order valence-corrected chi connectivity index (χ4v) is 1.45.